The smallest absolute Gasteiger partial charge is 0.294 e. The largest absolute Gasteiger partial charge is 0.489 e. The molecule has 0 fully saturated rings. The van der Waals surface area contributed by atoms with E-state index in [1.807, 2.05) is 6.07 Å². The van der Waals surface area contributed by atoms with Gasteiger partial charge >= 0.3 is 0 Å². The normalized spacial score (nSPS) is 11.3. The molecule has 0 aliphatic carbocycles. The summed E-state index contributed by atoms with van der Waals surface area (Å²) >= 11 is 1.24. The molecule has 0 heterocycles. The minimum atomic E-state index is -0.867. The summed E-state index contributed by atoms with van der Waals surface area (Å²) in [5.41, 5.74) is 0.406. The first-order valence-electron chi connectivity index (χ1n) is 8.15. The zero-order valence-corrected chi connectivity index (χ0v) is 15.4. The molecule has 0 aliphatic heterocycles. The first kappa shape index (κ1) is 22.5. The van der Waals surface area contributed by atoms with Crippen LogP contribution in [0.15, 0.2) is 24.3 Å². The van der Waals surface area contributed by atoms with Crippen LogP contribution in [-0.2, 0) is 9.63 Å². The van der Waals surface area contributed by atoms with E-state index < -0.39 is 11.2 Å². The summed E-state index contributed by atoms with van der Waals surface area (Å²) in [6.07, 6.45) is -0.760. The molecule has 27 heavy (non-hydrogen) atoms. The molecule has 0 saturated carbocycles. The highest BCUT2D eigenvalue weighted by Crippen LogP contribution is 2.16. The Balaban J connectivity index is 2.03. The molecule has 0 aromatic heterocycles. The highest BCUT2D eigenvalue weighted by Gasteiger charge is 2.08. The SMILES string of the molecule is N#Cc1ccccc1OCC(O)CNCCNC(=O)CSCCO[N+](=O)[O-]. The topological polar surface area (TPSA) is 147 Å². The molecule has 1 aromatic rings. The zero-order chi connectivity index (χ0) is 19.9. The van der Waals surface area contributed by atoms with E-state index in [4.69, 9.17) is 10.00 Å². The van der Waals surface area contributed by atoms with E-state index in [-0.39, 0.29) is 31.4 Å². The van der Waals surface area contributed by atoms with Gasteiger partial charge in [0, 0.05) is 25.4 Å². The summed E-state index contributed by atoms with van der Waals surface area (Å²) in [4.78, 5) is 25.6. The van der Waals surface area contributed by atoms with Crippen LogP contribution in [0.4, 0.5) is 0 Å². The summed E-state index contributed by atoms with van der Waals surface area (Å²) in [5, 5.41) is 33.6. The Labute approximate surface area is 160 Å². The third kappa shape index (κ3) is 10.9. The van der Waals surface area contributed by atoms with Crippen LogP contribution in [0.3, 0.4) is 0 Å². The Morgan fingerprint density at radius 2 is 2.19 bits per heavy atom. The Bertz CT molecular complexity index is 640. The summed E-state index contributed by atoms with van der Waals surface area (Å²) in [6, 6.07) is 8.79. The number of benzene rings is 1. The maximum absolute atomic E-state index is 11.5. The van der Waals surface area contributed by atoms with Crippen LogP contribution in [0.25, 0.3) is 0 Å². The molecule has 0 spiro atoms. The number of amides is 1. The average Bonchev–Trinajstić information content (AvgIpc) is 2.65. The number of hydrogen-bond donors (Lipinski definition) is 3. The van der Waals surface area contributed by atoms with E-state index in [9.17, 15) is 20.0 Å². The minimum Gasteiger partial charge on any atom is -0.489 e. The molecule has 3 N–H and O–H groups in total. The predicted molar refractivity (Wildman–Crippen MR) is 98.8 cm³/mol. The maximum Gasteiger partial charge on any atom is 0.294 e. The molecule has 0 aliphatic rings. The minimum absolute atomic E-state index is 0.0426. The summed E-state index contributed by atoms with van der Waals surface area (Å²) < 4.78 is 5.43. The molecule has 10 nitrogen and oxygen atoms in total. The van der Waals surface area contributed by atoms with E-state index in [0.29, 0.717) is 30.2 Å². The van der Waals surface area contributed by atoms with Gasteiger partial charge < -0.3 is 25.3 Å². The van der Waals surface area contributed by atoms with Crippen molar-refractivity contribution < 1.29 is 24.6 Å². The van der Waals surface area contributed by atoms with Gasteiger partial charge in [0.25, 0.3) is 5.09 Å². The van der Waals surface area contributed by atoms with Crippen molar-refractivity contribution in [3.8, 4) is 11.8 Å². The Kier molecular flexibility index (Phi) is 11.4. The standard InChI is InChI=1S/C16H22N4O6S/c17-9-13-3-1-2-4-15(13)25-11-14(21)10-18-5-6-19-16(22)12-27-8-7-26-20(23)24/h1-4,14,18,21H,5-8,10-12H2,(H,19,22). The van der Waals surface area contributed by atoms with Crippen molar-refractivity contribution in [3.05, 3.63) is 39.9 Å². The van der Waals surface area contributed by atoms with Crippen LogP contribution >= 0.6 is 11.8 Å². The van der Waals surface area contributed by atoms with Crippen molar-refractivity contribution in [1.29, 1.82) is 5.26 Å². The molecule has 1 amide bonds. The first-order chi connectivity index (χ1) is 13.0. The van der Waals surface area contributed by atoms with Crippen molar-refractivity contribution in [2.45, 2.75) is 6.10 Å². The van der Waals surface area contributed by atoms with Gasteiger partial charge in [0.05, 0.1) is 11.3 Å². The van der Waals surface area contributed by atoms with Crippen molar-refractivity contribution in [3.63, 3.8) is 0 Å². The van der Waals surface area contributed by atoms with Crippen LogP contribution in [-0.4, -0.2) is 66.6 Å². The van der Waals surface area contributed by atoms with Crippen LogP contribution in [0.5, 0.6) is 5.75 Å². The number of ether oxygens (including phenoxy) is 1. The fourth-order valence-electron chi connectivity index (χ4n) is 1.88. The van der Waals surface area contributed by atoms with E-state index in [0.717, 1.165) is 0 Å². The fraction of sp³-hybridized carbons (Fsp3) is 0.500. The molecule has 0 bridgehead atoms. The molecule has 148 valence electrons. The number of aliphatic hydroxyl groups excluding tert-OH is 1. The molecular formula is C16H22N4O6S. The van der Waals surface area contributed by atoms with Gasteiger partial charge in [-0.2, -0.15) is 17.0 Å². The van der Waals surface area contributed by atoms with Crippen molar-refractivity contribution in [2.24, 2.45) is 0 Å². The van der Waals surface area contributed by atoms with E-state index in [1.54, 1.807) is 24.3 Å². The highest BCUT2D eigenvalue weighted by molar-refractivity contribution is 7.99. The van der Waals surface area contributed by atoms with Gasteiger partial charge in [0.2, 0.25) is 5.91 Å². The van der Waals surface area contributed by atoms with Crippen molar-refractivity contribution in [2.75, 3.05) is 44.4 Å². The van der Waals surface area contributed by atoms with Gasteiger partial charge in [-0.15, -0.1) is 10.1 Å². The number of carbonyl (C=O) groups is 1. The average molecular weight is 398 g/mol. The third-order valence-electron chi connectivity index (χ3n) is 3.10. The molecule has 1 unspecified atom stereocenters. The van der Waals surface area contributed by atoms with Crippen LogP contribution < -0.4 is 15.4 Å². The van der Waals surface area contributed by atoms with Gasteiger partial charge in [-0.05, 0) is 12.1 Å². The van der Waals surface area contributed by atoms with E-state index >= 15 is 0 Å². The van der Waals surface area contributed by atoms with Gasteiger partial charge in [0.15, 0.2) is 0 Å². The number of nitrogens with one attached hydrogen (secondary N) is 2. The summed E-state index contributed by atoms with van der Waals surface area (Å²) in [5.74, 6) is 0.788. The van der Waals surface area contributed by atoms with E-state index in [1.165, 1.54) is 11.8 Å². The summed E-state index contributed by atoms with van der Waals surface area (Å²) in [7, 11) is 0. The number of hydrogen-bond acceptors (Lipinski definition) is 9. The molecule has 0 saturated heterocycles. The van der Waals surface area contributed by atoms with Crippen molar-refractivity contribution >= 4 is 17.7 Å². The lowest BCUT2D eigenvalue weighted by molar-refractivity contribution is -0.756. The Hall–Kier alpha value is -2.55. The number of carbonyl (C=O) groups excluding carboxylic acids is 1. The molecule has 1 atom stereocenters. The summed E-state index contributed by atoms with van der Waals surface area (Å²) in [6.45, 7) is 1.12. The first-order valence-corrected chi connectivity index (χ1v) is 9.31. The van der Waals surface area contributed by atoms with Gasteiger partial charge in [-0.1, -0.05) is 12.1 Å². The van der Waals surface area contributed by atoms with Crippen LogP contribution in [0.2, 0.25) is 0 Å². The Morgan fingerprint density at radius 3 is 2.93 bits per heavy atom. The second-order valence-electron chi connectivity index (χ2n) is 5.24. The quantitative estimate of drug-likeness (QED) is 0.223. The number of aliphatic hydroxyl groups is 1. The van der Waals surface area contributed by atoms with Crippen LogP contribution in [0.1, 0.15) is 5.56 Å². The van der Waals surface area contributed by atoms with Gasteiger partial charge in [-0.3, -0.25) is 4.79 Å². The Morgan fingerprint density at radius 1 is 1.41 bits per heavy atom. The fourth-order valence-corrected chi connectivity index (χ4v) is 2.50. The van der Waals surface area contributed by atoms with Gasteiger partial charge in [0.1, 0.15) is 31.1 Å². The molecule has 1 aromatic carbocycles. The lowest BCUT2D eigenvalue weighted by Crippen LogP contribution is -2.37. The lowest BCUT2D eigenvalue weighted by atomic mass is 10.2. The number of rotatable bonds is 14. The molecule has 1 rings (SSSR count). The second-order valence-corrected chi connectivity index (χ2v) is 6.34. The van der Waals surface area contributed by atoms with Crippen LogP contribution in [0, 0.1) is 21.4 Å². The van der Waals surface area contributed by atoms with E-state index in [2.05, 4.69) is 15.5 Å². The second kappa shape index (κ2) is 13.6. The third-order valence-corrected chi connectivity index (χ3v) is 4.02. The van der Waals surface area contributed by atoms with Gasteiger partial charge in [-0.25, -0.2) is 0 Å². The number of para-hydroxylation sites is 1. The molecule has 0 radical (unpaired) electrons. The maximum atomic E-state index is 11.5. The highest BCUT2D eigenvalue weighted by atomic mass is 32.2. The van der Waals surface area contributed by atoms with Crippen molar-refractivity contribution in [1.82, 2.24) is 10.6 Å². The molecular weight excluding hydrogens is 376 g/mol. The zero-order valence-electron chi connectivity index (χ0n) is 14.6. The lowest BCUT2D eigenvalue weighted by Gasteiger charge is -2.14. The number of nitrogens with zero attached hydrogens (tertiary/aromatic N) is 2. The monoisotopic (exact) mass is 398 g/mol. The molecule has 11 heteroatoms. The number of thioether (sulfide) groups is 1. The number of nitriles is 1. The predicted octanol–water partition coefficient (Wildman–Crippen LogP) is -0.0547.